The van der Waals surface area contributed by atoms with Crippen molar-refractivity contribution < 1.29 is 0 Å². The first-order valence-electron chi connectivity index (χ1n) is 5.46. The van der Waals surface area contributed by atoms with Crippen LogP contribution in [-0.2, 0) is 0 Å². The molecule has 0 aliphatic heterocycles. The van der Waals surface area contributed by atoms with Crippen molar-refractivity contribution in [3.05, 3.63) is 55.7 Å². The number of thiophene rings is 1. The summed E-state index contributed by atoms with van der Waals surface area (Å²) in [4.78, 5) is 2.87. The third-order valence-electron chi connectivity index (χ3n) is 2.74. The third kappa shape index (κ3) is 2.75. The first-order valence-corrected chi connectivity index (χ1v) is 7.57. The molecule has 0 amide bonds. The number of hydrogen-bond donors (Lipinski definition) is 0. The lowest BCUT2D eigenvalue weighted by molar-refractivity contribution is 1.19. The van der Waals surface area contributed by atoms with Crippen LogP contribution in [0.15, 0.2) is 24.3 Å². The summed E-state index contributed by atoms with van der Waals surface area (Å²) in [6.07, 6.45) is 0. The molecule has 1 heterocycles. The summed E-state index contributed by atoms with van der Waals surface area (Å²) in [6.45, 7) is 6.34. The highest BCUT2D eigenvalue weighted by molar-refractivity contribution is 9.09. The highest BCUT2D eigenvalue weighted by Crippen LogP contribution is 2.40. The Kier molecular flexibility index (Phi) is 3.96. The Morgan fingerprint density at radius 3 is 2.41 bits per heavy atom. The van der Waals surface area contributed by atoms with E-state index in [9.17, 15) is 0 Å². The molecule has 0 nitrogen and oxygen atoms in total. The number of halogens is 2. The summed E-state index contributed by atoms with van der Waals surface area (Å²) in [5, 5.41) is 0.831. The van der Waals surface area contributed by atoms with Crippen LogP contribution in [0.1, 0.15) is 31.3 Å². The lowest BCUT2D eigenvalue weighted by Crippen LogP contribution is -1.93. The zero-order valence-corrected chi connectivity index (χ0v) is 13.2. The van der Waals surface area contributed by atoms with Crippen molar-refractivity contribution in [2.75, 3.05) is 0 Å². The lowest BCUT2D eigenvalue weighted by Gasteiger charge is -2.12. The van der Waals surface area contributed by atoms with Gasteiger partial charge in [-0.15, -0.1) is 11.3 Å². The van der Waals surface area contributed by atoms with Gasteiger partial charge in [-0.2, -0.15) is 0 Å². The Morgan fingerprint density at radius 1 is 1.18 bits per heavy atom. The summed E-state index contributed by atoms with van der Waals surface area (Å²) in [6, 6.07) is 8.44. The van der Waals surface area contributed by atoms with E-state index < -0.39 is 0 Å². The van der Waals surface area contributed by atoms with E-state index in [1.807, 2.05) is 17.4 Å². The molecule has 3 heteroatoms. The average molecular weight is 330 g/mol. The number of hydrogen-bond acceptors (Lipinski definition) is 1. The summed E-state index contributed by atoms with van der Waals surface area (Å²) in [5.74, 6) is 0. The molecule has 0 aliphatic rings. The zero-order valence-electron chi connectivity index (χ0n) is 10.1. The van der Waals surface area contributed by atoms with E-state index in [4.69, 9.17) is 11.6 Å². The van der Waals surface area contributed by atoms with Gasteiger partial charge in [0.1, 0.15) is 0 Å². The summed E-state index contributed by atoms with van der Waals surface area (Å²) in [7, 11) is 0. The first-order chi connectivity index (χ1) is 7.99. The molecule has 90 valence electrons. The standard InChI is InChI=1S/C14H14BrClS/c1-8-4-5-11(12(16)6-8)13(15)14-9(2)7-10(3)17-14/h4-7,13H,1-3H3. The molecule has 0 spiro atoms. The molecule has 0 radical (unpaired) electrons. The van der Waals surface area contributed by atoms with Gasteiger partial charge in [-0.3, -0.25) is 0 Å². The van der Waals surface area contributed by atoms with Gasteiger partial charge in [-0.1, -0.05) is 39.7 Å². The van der Waals surface area contributed by atoms with Gasteiger partial charge in [0.2, 0.25) is 0 Å². The van der Waals surface area contributed by atoms with Crippen LogP contribution in [-0.4, -0.2) is 0 Å². The van der Waals surface area contributed by atoms with E-state index in [2.05, 4.69) is 54.9 Å². The summed E-state index contributed by atoms with van der Waals surface area (Å²) >= 11 is 11.9. The van der Waals surface area contributed by atoms with Gasteiger partial charge in [-0.05, 0) is 49.6 Å². The maximum Gasteiger partial charge on any atom is 0.0755 e. The minimum Gasteiger partial charge on any atom is -0.144 e. The largest absolute Gasteiger partial charge is 0.144 e. The maximum absolute atomic E-state index is 6.31. The molecule has 0 aliphatic carbocycles. The van der Waals surface area contributed by atoms with Gasteiger partial charge in [0.25, 0.3) is 0 Å². The highest BCUT2D eigenvalue weighted by atomic mass is 79.9. The zero-order chi connectivity index (χ0) is 12.6. The molecule has 1 aromatic carbocycles. The van der Waals surface area contributed by atoms with E-state index in [1.165, 1.54) is 20.9 Å². The molecule has 0 fully saturated rings. The van der Waals surface area contributed by atoms with Crippen LogP contribution in [0.5, 0.6) is 0 Å². The molecule has 0 bridgehead atoms. The summed E-state index contributed by atoms with van der Waals surface area (Å²) < 4.78 is 0. The minimum absolute atomic E-state index is 0.189. The van der Waals surface area contributed by atoms with E-state index >= 15 is 0 Å². The number of alkyl halides is 1. The molecule has 17 heavy (non-hydrogen) atoms. The second-order valence-corrected chi connectivity index (χ2v) is 6.90. The molecule has 1 atom stereocenters. The third-order valence-corrected chi connectivity index (χ3v) is 5.54. The van der Waals surface area contributed by atoms with Crippen LogP contribution in [0, 0.1) is 20.8 Å². The topological polar surface area (TPSA) is 0 Å². The molecule has 2 aromatic rings. The van der Waals surface area contributed by atoms with Gasteiger partial charge in [-0.25, -0.2) is 0 Å². The number of benzene rings is 1. The van der Waals surface area contributed by atoms with Gasteiger partial charge >= 0.3 is 0 Å². The van der Waals surface area contributed by atoms with Crippen LogP contribution in [0.2, 0.25) is 5.02 Å². The fraction of sp³-hybridized carbons (Fsp3) is 0.286. The smallest absolute Gasteiger partial charge is 0.0755 e. The van der Waals surface area contributed by atoms with Crippen LogP contribution in [0.4, 0.5) is 0 Å². The quantitative estimate of drug-likeness (QED) is 0.610. The fourth-order valence-electron chi connectivity index (χ4n) is 1.89. The Balaban J connectivity index is 2.43. The van der Waals surface area contributed by atoms with Crippen molar-refractivity contribution >= 4 is 38.9 Å². The maximum atomic E-state index is 6.31. The number of aryl methyl sites for hydroxylation is 3. The molecular weight excluding hydrogens is 316 g/mol. The molecule has 0 saturated heterocycles. The highest BCUT2D eigenvalue weighted by Gasteiger charge is 2.17. The minimum atomic E-state index is 0.189. The monoisotopic (exact) mass is 328 g/mol. The molecular formula is C14H14BrClS. The van der Waals surface area contributed by atoms with Crippen molar-refractivity contribution in [2.45, 2.75) is 25.6 Å². The Bertz CT molecular complexity index is 545. The van der Waals surface area contributed by atoms with E-state index in [0.29, 0.717) is 0 Å². The average Bonchev–Trinajstić information content (AvgIpc) is 2.57. The Hall–Kier alpha value is -0.310. The van der Waals surface area contributed by atoms with E-state index in [-0.39, 0.29) is 4.83 Å². The normalized spacial score (nSPS) is 12.8. The van der Waals surface area contributed by atoms with Gasteiger partial charge < -0.3 is 0 Å². The van der Waals surface area contributed by atoms with E-state index in [1.54, 1.807) is 0 Å². The molecule has 1 unspecified atom stereocenters. The second-order valence-electron chi connectivity index (χ2n) is 4.29. The van der Waals surface area contributed by atoms with Crippen molar-refractivity contribution in [3.63, 3.8) is 0 Å². The van der Waals surface area contributed by atoms with Crippen molar-refractivity contribution in [1.29, 1.82) is 0 Å². The van der Waals surface area contributed by atoms with E-state index in [0.717, 1.165) is 10.6 Å². The van der Waals surface area contributed by atoms with Crippen LogP contribution < -0.4 is 0 Å². The molecule has 0 N–H and O–H groups in total. The van der Waals surface area contributed by atoms with Crippen LogP contribution >= 0.6 is 38.9 Å². The van der Waals surface area contributed by atoms with Crippen molar-refractivity contribution in [1.82, 2.24) is 0 Å². The van der Waals surface area contributed by atoms with Crippen LogP contribution in [0.3, 0.4) is 0 Å². The Labute approximate surface area is 120 Å². The van der Waals surface area contributed by atoms with Gasteiger partial charge in [0, 0.05) is 14.8 Å². The molecule has 0 saturated carbocycles. The number of rotatable bonds is 2. The Morgan fingerprint density at radius 2 is 1.88 bits per heavy atom. The lowest BCUT2D eigenvalue weighted by atomic mass is 10.1. The predicted octanol–water partition coefficient (Wildman–Crippen LogP) is 5.81. The fourth-order valence-corrected chi connectivity index (χ4v) is 4.44. The SMILES string of the molecule is Cc1ccc(C(Br)c2sc(C)cc2C)c(Cl)c1. The van der Waals surface area contributed by atoms with Gasteiger partial charge in [0.05, 0.1) is 4.83 Å². The molecule has 2 rings (SSSR count). The van der Waals surface area contributed by atoms with Gasteiger partial charge in [0.15, 0.2) is 0 Å². The summed E-state index contributed by atoms with van der Waals surface area (Å²) in [5.41, 5.74) is 3.66. The predicted molar refractivity (Wildman–Crippen MR) is 80.8 cm³/mol. The molecule has 1 aromatic heterocycles. The first kappa shape index (κ1) is 13.1. The van der Waals surface area contributed by atoms with Crippen molar-refractivity contribution in [2.24, 2.45) is 0 Å². The van der Waals surface area contributed by atoms with Crippen LogP contribution in [0.25, 0.3) is 0 Å². The second kappa shape index (κ2) is 5.13. The van der Waals surface area contributed by atoms with Crippen molar-refractivity contribution in [3.8, 4) is 0 Å².